The van der Waals surface area contributed by atoms with Gasteiger partial charge in [-0.3, -0.25) is 0 Å². The third-order valence-corrected chi connectivity index (χ3v) is 0.868. The van der Waals surface area contributed by atoms with Crippen molar-refractivity contribution >= 4 is 0 Å². The molecule has 0 fully saturated rings. The van der Waals surface area contributed by atoms with Crippen molar-refractivity contribution in [3.8, 4) is 0 Å². The lowest BCUT2D eigenvalue weighted by Gasteiger charge is -2.02. The van der Waals surface area contributed by atoms with Gasteiger partial charge in [0.25, 0.3) is 0 Å². The van der Waals surface area contributed by atoms with E-state index >= 15 is 0 Å². The predicted octanol–water partition coefficient (Wildman–Crippen LogP) is 5.46. The van der Waals surface area contributed by atoms with E-state index in [0.29, 0.717) is 0 Å². The average molecular weight is 276 g/mol. The Bertz CT molecular complexity index is 1150. The van der Waals surface area contributed by atoms with Crippen molar-refractivity contribution in [3.05, 3.63) is 0 Å². The van der Waals surface area contributed by atoms with Gasteiger partial charge in [-0.1, -0.05) is 89.7 Å². The van der Waals surface area contributed by atoms with E-state index < -0.39 is 103 Å². The molecular weight excluding hydrogens is 208 g/mol. The monoisotopic (exact) mass is 275 g/mol. The maximum Gasteiger partial charge on any atom is 0.0564 e. The summed E-state index contributed by atoms with van der Waals surface area (Å²) in [6.45, 7) is -8.47. The van der Waals surface area contributed by atoms with Gasteiger partial charge in [-0.25, -0.2) is 0 Å². The molecule has 1 nitrogen and oxygen atoms in total. The molecule has 0 heterocycles. The zero-order chi connectivity index (χ0) is 42.0. The van der Waals surface area contributed by atoms with Crippen molar-refractivity contribution < 1.29 is 50.3 Å². The van der Waals surface area contributed by atoms with Crippen LogP contribution in [0, 0.1) is 0 Å². The molecule has 104 valence electrons. The van der Waals surface area contributed by atoms with E-state index in [2.05, 4.69) is 0 Å². The highest BCUT2D eigenvalue weighted by Crippen LogP contribution is 2.12. The third-order valence-electron chi connectivity index (χ3n) is 0.868. The minimum absolute atomic E-state index is 4.11. The fraction of sp³-hybridized carbons (Fsp3) is 1.00. The highest BCUT2D eigenvalue weighted by atomic mass is 16.2. The second-order valence-electron chi connectivity index (χ2n) is 1.86. The van der Waals surface area contributed by atoms with E-state index in [4.69, 9.17) is 45.2 Å². The molecule has 1 heteroatoms. The molecule has 0 amide bonds. The number of rotatable bonds is 14. The second kappa shape index (κ2) is 16.0. The van der Waals surface area contributed by atoms with Gasteiger partial charge in [0.05, 0.1) is 2.74 Å². The Morgan fingerprint density at radius 1 is 0.647 bits per heavy atom. The molecule has 0 saturated heterocycles. The molecule has 0 aromatic rings. The normalized spacial score (nSPS) is 53.1. The van der Waals surface area contributed by atoms with Crippen LogP contribution < -0.4 is 0 Å². The Hall–Kier alpha value is -0.0400. The summed E-state index contributed by atoms with van der Waals surface area (Å²) in [5.41, 5.74) is 0. The highest BCUT2D eigenvalue weighted by Gasteiger charge is 1.93. The van der Waals surface area contributed by atoms with Crippen molar-refractivity contribution in [1.29, 1.82) is 0 Å². The van der Waals surface area contributed by atoms with Crippen LogP contribution in [0.5, 0.6) is 0 Å². The Balaban J connectivity index is 7.70. The lowest BCUT2D eigenvalue weighted by atomic mass is 10.0. The molecule has 0 aromatic heterocycles. The Labute approximate surface area is 155 Å². The van der Waals surface area contributed by atoms with Crippen LogP contribution in [0.25, 0.3) is 0 Å². The van der Waals surface area contributed by atoms with Crippen molar-refractivity contribution in [2.45, 2.75) is 96.1 Å². The van der Waals surface area contributed by atoms with E-state index in [1.165, 1.54) is 0 Å². The van der Waals surface area contributed by atoms with Gasteiger partial charge in [-0.15, -0.1) is 0 Å². The summed E-state index contributed by atoms with van der Waals surface area (Å²) < 4.78 is 259. The summed E-state index contributed by atoms with van der Waals surface area (Å²) >= 11 is 0. The molecule has 0 unspecified atom stereocenters. The zero-order valence-corrected chi connectivity index (χ0v) is 8.45. The first-order valence-corrected chi connectivity index (χ1v) is 3.97. The lowest BCUT2D eigenvalue weighted by molar-refractivity contribution is 0.282. The predicted molar refractivity (Wildman–Crippen MR) is 77.4 cm³/mol. The number of hydrogen-bond donors (Lipinski definition) is 1. The molecule has 0 aliphatic carbocycles. The molecule has 17 heavy (non-hydrogen) atoms. The minimum atomic E-state index is -5.14. The van der Waals surface area contributed by atoms with Crippen molar-refractivity contribution in [2.24, 2.45) is 0 Å². The van der Waals surface area contributed by atoms with Crippen LogP contribution in [-0.2, 0) is 0 Å². The van der Waals surface area contributed by atoms with Gasteiger partial charge in [0.2, 0.25) is 0 Å². The smallest absolute Gasteiger partial charge is 0.0564 e. The largest absolute Gasteiger partial charge is 0.396 e. The van der Waals surface area contributed by atoms with Crippen LogP contribution in [0.4, 0.5) is 0 Å². The molecule has 0 aromatic carbocycles. The summed E-state index contributed by atoms with van der Waals surface area (Å²) in [7, 11) is 0. The van der Waals surface area contributed by atoms with E-state index in [1.54, 1.807) is 0 Å². The first-order chi connectivity index (χ1) is 20.8. The Morgan fingerprint density at radius 3 is 1.35 bits per heavy atom. The summed E-state index contributed by atoms with van der Waals surface area (Å²) in [5.74, 6) is 0. The van der Waals surface area contributed by atoms with Crippen molar-refractivity contribution in [2.75, 3.05) is 6.56 Å². The zero-order valence-electron chi connectivity index (χ0n) is 41.4. The van der Waals surface area contributed by atoms with E-state index in [0.717, 1.165) is 0 Å². The molecular formula is C16H34O. The summed E-state index contributed by atoms with van der Waals surface area (Å²) in [6, 6.07) is 0. The van der Waals surface area contributed by atoms with Gasteiger partial charge >= 0.3 is 0 Å². The Kier molecular flexibility index (Phi) is 1.69. The molecule has 0 spiro atoms. The van der Waals surface area contributed by atoms with Gasteiger partial charge in [0.15, 0.2) is 0 Å². The molecule has 0 aliphatic rings. The maximum absolute atomic E-state index is 9.48. The number of aliphatic hydroxyl groups is 1. The highest BCUT2D eigenvalue weighted by molar-refractivity contribution is 4.48. The van der Waals surface area contributed by atoms with E-state index in [1.807, 2.05) is 0 Å². The van der Waals surface area contributed by atoms with Gasteiger partial charge < -0.3 is 5.11 Å². The number of hydrogen-bond acceptors (Lipinski definition) is 1. The van der Waals surface area contributed by atoms with E-state index in [-0.39, 0.29) is 0 Å². The Morgan fingerprint density at radius 2 is 1.00 bits per heavy atom. The first-order valence-electron chi connectivity index (χ1n) is 20.5. The fourth-order valence-electron chi connectivity index (χ4n) is 0.403. The van der Waals surface area contributed by atoms with Crippen LogP contribution >= 0.6 is 0 Å². The van der Waals surface area contributed by atoms with Gasteiger partial charge in [0, 0.05) is 49.1 Å². The lowest BCUT2D eigenvalue weighted by Crippen LogP contribution is -1.84. The van der Waals surface area contributed by atoms with Gasteiger partial charge in [-0.05, 0) is 6.37 Å². The minimum Gasteiger partial charge on any atom is -0.396 e. The summed E-state index contributed by atoms with van der Waals surface area (Å²) in [6.07, 6.45) is -68.6. The summed E-state index contributed by atoms with van der Waals surface area (Å²) in [5, 5.41) is 9.48. The standard InChI is InChI=1S/C16H34O/c1-2-3-4-5-6-7-8-9-10-11-12-13-14-15-16-17/h17H,2-16H2,1H3/i1D3,2D2,3D2,4D2,5D2,6D2,7D2,8D2,9D2,10D2,11D2,12D2,13D2,14D2,15D2,16D2. The maximum atomic E-state index is 9.48. The van der Waals surface area contributed by atoms with Crippen LogP contribution in [0.2, 0.25) is 0 Å². The van der Waals surface area contributed by atoms with Crippen molar-refractivity contribution in [1.82, 2.24) is 0 Å². The van der Waals surface area contributed by atoms with Crippen LogP contribution in [0.3, 0.4) is 0 Å². The first kappa shape index (κ1) is 1.80. The summed E-state index contributed by atoms with van der Waals surface area (Å²) in [4.78, 5) is 0. The van der Waals surface area contributed by atoms with Gasteiger partial charge in [-0.2, -0.15) is 0 Å². The molecule has 0 aliphatic heterocycles. The third kappa shape index (κ3) is 16.0. The molecule has 1 N–H and O–H groups in total. The molecule has 0 rings (SSSR count). The van der Waals surface area contributed by atoms with Gasteiger partial charge in [0.1, 0.15) is 0 Å². The fourth-order valence-corrected chi connectivity index (χ4v) is 0.403. The average Bonchev–Trinajstić information content (AvgIpc) is 2.85. The molecule has 0 bridgehead atoms. The second-order valence-corrected chi connectivity index (χ2v) is 1.86. The van der Waals surface area contributed by atoms with E-state index in [9.17, 15) is 5.11 Å². The molecule has 0 radical (unpaired) electrons. The molecule has 0 saturated carbocycles. The quantitative estimate of drug-likeness (QED) is 0.446. The van der Waals surface area contributed by atoms with Crippen LogP contribution in [0.15, 0.2) is 0 Å². The molecule has 0 atom stereocenters. The SMILES string of the molecule is [2H]C([2H])([2H])C([2H])([2H])C([2H])([2H])C([2H])([2H])C([2H])([2H])C([2H])([2H])C([2H])([2H])C([2H])([2H])C([2H])([2H])C([2H])([2H])C([2H])([2H])C([2H])([2H])C([2H])([2H])C([2H])([2H])C([2H])([2H])C([2H])([2H])O. The van der Waals surface area contributed by atoms with Crippen molar-refractivity contribution in [3.63, 3.8) is 0 Å². The van der Waals surface area contributed by atoms with Crippen LogP contribution in [-0.4, -0.2) is 11.7 Å². The topological polar surface area (TPSA) is 20.2 Å². The van der Waals surface area contributed by atoms with Crippen LogP contribution in [0.1, 0.15) is 141 Å².